The number of anilines is 1. The van der Waals surface area contributed by atoms with E-state index in [0.29, 0.717) is 59.5 Å². The Hall–Kier alpha value is -3.08. The highest BCUT2D eigenvalue weighted by Gasteiger charge is 2.44. The molecule has 3 aliphatic rings. The van der Waals surface area contributed by atoms with Crippen LogP contribution < -0.4 is 15.0 Å². The van der Waals surface area contributed by atoms with Crippen LogP contribution in [-0.4, -0.2) is 77.5 Å². The molecule has 7 rings (SSSR count). The number of H-pyrrole nitrogens is 1. The Morgan fingerprint density at radius 3 is 2.55 bits per heavy atom. The van der Waals surface area contributed by atoms with Gasteiger partial charge < -0.3 is 19.9 Å². The number of ether oxygens (including phenoxy) is 1. The number of fused-ring (bicyclic) bond motifs is 4. The number of aromatic nitrogens is 4. The van der Waals surface area contributed by atoms with Crippen LogP contribution in [0.1, 0.15) is 31.2 Å². The molecule has 2 aromatic carbocycles. The summed E-state index contributed by atoms with van der Waals surface area (Å²) in [6, 6.07) is 3.90. The second kappa shape index (κ2) is 9.49. The first-order chi connectivity index (χ1) is 19.2. The Bertz CT molecular complexity index is 1620. The van der Waals surface area contributed by atoms with E-state index in [9.17, 15) is 0 Å². The maximum absolute atomic E-state index is 16.6. The van der Waals surface area contributed by atoms with Gasteiger partial charge in [0.15, 0.2) is 5.82 Å². The van der Waals surface area contributed by atoms with Crippen molar-refractivity contribution in [3.63, 3.8) is 0 Å². The topological polar surface area (TPSA) is 82.2 Å². The highest BCUT2D eigenvalue weighted by molar-refractivity contribution is 6.36. The standard InChI is InChI=1S/C29H32ClF2N7O/c1-15-8-21-19(10-33-37-21)22(24(15)30)23-20(31)9-18-26(25(23)32)35-28(40-14-29(6-7-29)13-38(2)3)36-27(18)39-11-16-4-5-17(12-39)34-16/h8-10,16-17,34H,4-7,11-14H2,1-3H3,(H,33,37)/t16-,17+. The molecule has 1 aliphatic carbocycles. The Kier molecular flexibility index (Phi) is 6.14. The van der Waals surface area contributed by atoms with Gasteiger partial charge in [0.05, 0.1) is 28.9 Å². The van der Waals surface area contributed by atoms with Crippen molar-refractivity contribution in [3.05, 3.63) is 40.6 Å². The molecule has 2 aliphatic heterocycles. The molecule has 4 heterocycles. The van der Waals surface area contributed by atoms with Crippen molar-refractivity contribution in [2.24, 2.45) is 5.41 Å². The lowest BCUT2D eigenvalue weighted by atomic mass is 9.96. The molecule has 4 aromatic rings. The van der Waals surface area contributed by atoms with E-state index in [1.54, 1.807) is 6.92 Å². The van der Waals surface area contributed by atoms with Crippen LogP contribution in [0.5, 0.6) is 6.01 Å². The Morgan fingerprint density at radius 1 is 1.10 bits per heavy atom. The Morgan fingerprint density at radius 2 is 1.85 bits per heavy atom. The summed E-state index contributed by atoms with van der Waals surface area (Å²) in [7, 11) is 4.09. The van der Waals surface area contributed by atoms with Gasteiger partial charge >= 0.3 is 6.01 Å². The van der Waals surface area contributed by atoms with Gasteiger partial charge in [-0.15, -0.1) is 0 Å². The van der Waals surface area contributed by atoms with E-state index in [-0.39, 0.29) is 33.1 Å². The summed E-state index contributed by atoms with van der Waals surface area (Å²) >= 11 is 6.68. The second-order valence-corrected chi connectivity index (χ2v) is 12.4. The number of hydrogen-bond donors (Lipinski definition) is 2. The largest absolute Gasteiger partial charge is 0.463 e. The molecule has 2 atom stereocenters. The molecule has 11 heteroatoms. The predicted molar refractivity (Wildman–Crippen MR) is 152 cm³/mol. The molecule has 0 radical (unpaired) electrons. The van der Waals surface area contributed by atoms with Crippen molar-refractivity contribution in [2.75, 3.05) is 45.2 Å². The van der Waals surface area contributed by atoms with Crippen molar-refractivity contribution in [2.45, 2.75) is 44.7 Å². The van der Waals surface area contributed by atoms with Gasteiger partial charge in [0, 0.05) is 53.5 Å². The van der Waals surface area contributed by atoms with Crippen LogP contribution in [0.15, 0.2) is 18.3 Å². The zero-order chi connectivity index (χ0) is 27.8. The third-order valence-electron chi connectivity index (χ3n) is 8.59. The number of piperazine rings is 1. The molecular weight excluding hydrogens is 536 g/mol. The normalized spacial score (nSPS) is 21.6. The highest BCUT2D eigenvalue weighted by atomic mass is 35.5. The van der Waals surface area contributed by atoms with Gasteiger partial charge in [-0.1, -0.05) is 11.6 Å². The number of aryl methyl sites for hydroxylation is 1. The van der Waals surface area contributed by atoms with Crippen LogP contribution in [0.2, 0.25) is 5.02 Å². The fraction of sp³-hybridized carbons (Fsp3) is 0.483. The predicted octanol–water partition coefficient (Wildman–Crippen LogP) is 5.07. The van der Waals surface area contributed by atoms with Gasteiger partial charge in [0.1, 0.15) is 17.2 Å². The fourth-order valence-electron chi connectivity index (χ4n) is 6.52. The molecule has 1 saturated carbocycles. The molecule has 0 unspecified atom stereocenters. The van der Waals surface area contributed by atoms with Crippen molar-refractivity contribution >= 4 is 39.2 Å². The van der Waals surface area contributed by atoms with Gasteiger partial charge in [-0.2, -0.15) is 15.1 Å². The summed E-state index contributed by atoms with van der Waals surface area (Å²) in [6.45, 7) is 4.55. The molecule has 0 amide bonds. The van der Waals surface area contributed by atoms with E-state index >= 15 is 8.78 Å². The molecule has 3 fully saturated rings. The summed E-state index contributed by atoms with van der Waals surface area (Å²) in [4.78, 5) is 13.6. The first kappa shape index (κ1) is 25.9. The van der Waals surface area contributed by atoms with Gasteiger partial charge in [-0.05, 0) is 64.4 Å². The number of aromatic amines is 1. The van der Waals surface area contributed by atoms with Gasteiger partial charge in [-0.25, -0.2) is 8.78 Å². The summed E-state index contributed by atoms with van der Waals surface area (Å²) in [5.74, 6) is -1.01. The average Bonchev–Trinajstić information content (AvgIpc) is 3.36. The summed E-state index contributed by atoms with van der Waals surface area (Å²) < 4.78 is 38.8. The minimum absolute atomic E-state index is 0.0222. The van der Waals surface area contributed by atoms with E-state index < -0.39 is 11.6 Å². The number of benzene rings is 2. The molecule has 2 N–H and O–H groups in total. The third kappa shape index (κ3) is 4.37. The lowest BCUT2D eigenvalue weighted by Crippen LogP contribution is -2.51. The molecule has 0 spiro atoms. The number of halogens is 3. The van der Waals surface area contributed by atoms with E-state index in [1.807, 2.05) is 20.2 Å². The SMILES string of the molecule is Cc1cc2[nH]ncc2c(-c2c(F)cc3c(N4C[C@H]5CC[C@@H](C4)N5)nc(OCC4(CN(C)C)CC4)nc3c2F)c1Cl. The zero-order valence-corrected chi connectivity index (χ0v) is 23.6. The van der Waals surface area contributed by atoms with Gasteiger partial charge in [0.2, 0.25) is 0 Å². The summed E-state index contributed by atoms with van der Waals surface area (Å²) in [5.41, 5.74) is 1.43. The zero-order valence-electron chi connectivity index (χ0n) is 22.8. The van der Waals surface area contributed by atoms with Crippen LogP contribution in [0.4, 0.5) is 14.6 Å². The summed E-state index contributed by atoms with van der Waals surface area (Å²) in [5, 5.41) is 11.7. The fourth-order valence-corrected chi connectivity index (χ4v) is 6.77. The van der Waals surface area contributed by atoms with Crippen LogP contribution in [0, 0.1) is 24.0 Å². The van der Waals surface area contributed by atoms with Crippen LogP contribution in [-0.2, 0) is 0 Å². The number of hydrogen-bond acceptors (Lipinski definition) is 7. The molecular formula is C29H32ClF2N7O. The van der Waals surface area contributed by atoms with Gasteiger partial charge in [-0.3, -0.25) is 5.10 Å². The number of rotatable bonds is 7. The monoisotopic (exact) mass is 567 g/mol. The highest BCUT2D eigenvalue weighted by Crippen LogP contribution is 2.47. The number of nitrogens with zero attached hydrogens (tertiary/aromatic N) is 5. The molecule has 8 nitrogen and oxygen atoms in total. The minimum Gasteiger partial charge on any atom is -0.463 e. The van der Waals surface area contributed by atoms with E-state index in [1.165, 1.54) is 12.3 Å². The third-order valence-corrected chi connectivity index (χ3v) is 9.08. The number of nitrogens with one attached hydrogen (secondary N) is 2. The molecule has 2 aromatic heterocycles. The Labute approximate surface area is 236 Å². The lowest BCUT2D eigenvalue weighted by molar-refractivity contribution is 0.183. The van der Waals surface area contributed by atoms with E-state index in [0.717, 1.165) is 32.2 Å². The minimum atomic E-state index is -0.786. The van der Waals surface area contributed by atoms with Crippen LogP contribution in [0.3, 0.4) is 0 Å². The van der Waals surface area contributed by atoms with E-state index in [4.69, 9.17) is 21.3 Å². The van der Waals surface area contributed by atoms with Crippen LogP contribution >= 0.6 is 11.6 Å². The molecule has 2 saturated heterocycles. The first-order valence-electron chi connectivity index (χ1n) is 13.8. The molecule has 210 valence electrons. The average molecular weight is 568 g/mol. The lowest BCUT2D eigenvalue weighted by Gasteiger charge is -2.34. The maximum atomic E-state index is 16.6. The Balaban J connectivity index is 1.39. The van der Waals surface area contributed by atoms with Crippen molar-refractivity contribution < 1.29 is 13.5 Å². The second-order valence-electron chi connectivity index (χ2n) is 12.1. The van der Waals surface area contributed by atoms with Gasteiger partial charge in [0.25, 0.3) is 0 Å². The van der Waals surface area contributed by atoms with E-state index in [2.05, 4.69) is 30.3 Å². The van der Waals surface area contributed by atoms with Crippen molar-refractivity contribution in [3.8, 4) is 17.1 Å². The first-order valence-corrected chi connectivity index (χ1v) is 14.2. The maximum Gasteiger partial charge on any atom is 0.319 e. The van der Waals surface area contributed by atoms with Crippen LogP contribution in [0.25, 0.3) is 32.9 Å². The smallest absolute Gasteiger partial charge is 0.319 e. The van der Waals surface area contributed by atoms with Crippen molar-refractivity contribution in [1.82, 2.24) is 30.4 Å². The van der Waals surface area contributed by atoms with Crippen molar-refractivity contribution in [1.29, 1.82) is 0 Å². The molecule has 2 bridgehead atoms. The quantitative estimate of drug-likeness (QED) is 0.322. The molecule has 40 heavy (non-hydrogen) atoms. The summed E-state index contributed by atoms with van der Waals surface area (Å²) in [6.07, 6.45) is 5.79.